The predicted molar refractivity (Wildman–Crippen MR) is 76.2 cm³/mol. The fourth-order valence-corrected chi connectivity index (χ4v) is 2.57. The molecule has 0 aromatic carbocycles. The lowest BCUT2D eigenvalue weighted by molar-refractivity contribution is -0.928. The summed E-state index contributed by atoms with van der Waals surface area (Å²) in [4.78, 5) is 9.26. The van der Waals surface area contributed by atoms with Crippen molar-refractivity contribution in [3.05, 3.63) is 0 Å². The maximum atomic E-state index is 9.26. The van der Waals surface area contributed by atoms with E-state index in [1.807, 2.05) is 0 Å². The topological polar surface area (TPSA) is 40.1 Å². The van der Waals surface area contributed by atoms with Crippen LogP contribution < -0.4 is 5.11 Å². The quantitative estimate of drug-likeness (QED) is 0.597. The van der Waals surface area contributed by atoms with Crippen LogP contribution in [0.25, 0.3) is 0 Å². The minimum Gasteiger partial charge on any atom is -0.550 e. The van der Waals surface area contributed by atoms with Crippen molar-refractivity contribution in [1.82, 2.24) is 0 Å². The minimum absolute atomic E-state index is 0.111. The molecule has 0 saturated heterocycles. The van der Waals surface area contributed by atoms with Gasteiger partial charge in [-0.3, -0.25) is 0 Å². The summed E-state index contributed by atoms with van der Waals surface area (Å²) >= 11 is 0. The van der Waals surface area contributed by atoms with Gasteiger partial charge in [-0.2, -0.15) is 0 Å². The monoisotopic (exact) mass is 259 g/mol. The second kappa shape index (κ2) is 12.9. The zero-order chi connectivity index (χ0) is 14.4. The van der Waals surface area contributed by atoms with Gasteiger partial charge in [-0.1, -0.05) is 34.6 Å². The Morgan fingerprint density at radius 2 is 1.00 bits per heavy atom. The first-order valence-corrected chi connectivity index (χ1v) is 7.56. The third kappa shape index (κ3) is 10.6. The van der Waals surface area contributed by atoms with Crippen LogP contribution in [-0.2, 0) is 4.79 Å². The number of nitrogens with zero attached hydrogens (tertiary/aromatic N) is 1. The van der Waals surface area contributed by atoms with Gasteiger partial charge in [-0.15, -0.1) is 0 Å². The number of carbonyl (C=O) groups is 1. The average Bonchev–Trinajstić information content (AvgIpc) is 2.31. The van der Waals surface area contributed by atoms with Crippen molar-refractivity contribution in [3.8, 4) is 0 Å². The first kappa shape index (κ1) is 19.8. The van der Waals surface area contributed by atoms with Gasteiger partial charge in [-0.05, 0) is 32.1 Å². The molecule has 0 saturated carbocycles. The summed E-state index contributed by atoms with van der Waals surface area (Å²) < 4.78 is 1.38. The molecule has 0 rings (SSSR count). The van der Waals surface area contributed by atoms with Gasteiger partial charge in [0.05, 0.1) is 26.2 Å². The van der Waals surface area contributed by atoms with Crippen molar-refractivity contribution in [2.24, 2.45) is 0 Å². The third-order valence-electron chi connectivity index (χ3n) is 3.08. The fraction of sp³-hybridized carbons (Fsp3) is 0.933. The standard InChI is InChI=1S/C12H28N.C3H6O2/c1-5-9-13(10-6-2,11-7-3)12-8-4;1-2-3(4)5/h5-12H2,1-4H3;2H2,1H3,(H,4,5)/q+1;/p-1. The molecule has 0 aromatic heterocycles. The summed E-state index contributed by atoms with van der Waals surface area (Å²) in [5, 5.41) is 9.26. The largest absolute Gasteiger partial charge is 0.550 e. The molecule has 0 spiro atoms. The third-order valence-corrected chi connectivity index (χ3v) is 3.08. The normalized spacial score (nSPS) is 10.7. The molecular formula is C15H33NO2. The Bertz CT molecular complexity index is 163. The van der Waals surface area contributed by atoms with Crippen molar-refractivity contribution in [2.45, 2.75) is 66.7 Å². The molecular weight excluding hydrogens is 226 g/mol. The summed E-state index contributed by atoms with van der Waals surface area (Å²) in [5.41, 5.74) is 0. The van der Waals surface area contributed by atoms with Crippen LogP contribution in [0.2, 0.25) is 0 Å². The predicted octanol–water partition coefficient (Wildman–Crippen LogP) is 2.59. The minimum atomic E-state index is -0.995. The first-order valence-electron chi connectivity index (χ1n) is 7.56. The molecule has 0 aliphatic rings. The second-order valence-electron chi connectivity index (χ2n) is 4.96. The van der Waals surface area contributed by atoms with Crippen molar-refractivity contribution in [1.29, 1.82) is 0 Å². The lowest BCUT2D eigenvalue weighted by Crippen LogP contribution is -2.50. The zero-order valence-corrected chi connectivity index (χ0v) is 13.1. The summed E-state index contributed by atoms with van der Waals surface area (Å²) in [6.45, 7) is 16.3. The molecule has 3 nitrogen and oxygen atoms in total. The molecule has 3 heteroatoms. The molecule has 0 radical (unpaired) electrons. The van der Waals surface area contributed by atoms with Crippen LogP contribution in [0.1, 0.15) is 66.7 Å². The highest BCUT2D eigenvalue weighted by Gasteiger charge is 2.22. The highest BCUT2D eigenvalue weighted by molar-refractivity contribution is 5.63. The van der Waals surface area contributed by atoms with E-state index in [9.17, 15) is 9.90 Å². The van der Waals surface area contributed by atoms with Crippen LogP contribution in [0.15, 0.2) is 0 Å². The van der Waals surface area contributed by atoms with Crippen molar-refractivity contribution in [2.75, 3.05) is 26.2 Å². The van der Waals surface area contributed by atoms with Crippen molar-refractivity contribution in [3.63, 3.8) is 0 Å². The van der Waals surface area contributed by atoms with Gasteiger partial charge in [0.2, 0.25) is 0 Å². The van der Waals surface area contributed by atoms with Crippen LogP contribution in [0.5, 0.6) is 0 Å². The Morgan fingerprint density at radius 1 is 0.778 bits per heavy atom. The lowest BCUT2D eigenvalue weighted by Gasteiger charge is -2.38. The summed E-state index contributed by atoms with van der Waals surface area (Å²) in [6.07, 6.45) is 5.44. The molecule has 0 bridgehead atoms. The van der Waals surface area contributed by atoms with E-state index in [4.69, 9.17) is 0 Å². The van der Waals surface area contributed by atoms with E-state index >= 15 is 0 Å². The Kier molecular flexibility index (Phi) is 14.1. The number of carboxylic acid groups (broad SMARTS) is 1. The maximum Gasteiger partial charge on any atom is 0.0783 e. The van der Waals surface area contributed by atoms with Gasteiger partial charge in [0, 0.05) is 5.97 Å². The molecule has 0 unspecified atom stereocenters. The van der Waals surface area contributed by atoms with E-state index in [0.717, 1.165) is 0 Å². The average molecular weight is 259 g/mol. The lowest BCUT2D eigenvalue weighted by atomic mass is 10.2. The number of hydrogen-bond donors (Lipinski definition) is 0. The number of rotatable bonds is 9. The number of quaternary nitrogens is 1. The number of carboxylic acids is 1. The van der Waals surface area contributed by atoms with Crippen LogP contribution in [-0.4, -0.2) is 36.6 Å². The maximum absolute atomic E-state index is 9.26. The number of aliphatic carboxylic acids is 1. The van der Waals surface area contributed by atoms with E-state index in [-0.39, 0.29) is 6.42 Å². The van der Waals surface area contributed by atoms with Crippen molar-refractivity contribution < 1.29 is 14.4 Å². The van der Waals surface area contributed by atoms with Gasteiger partial charge in [0.15, 0.2) is 0 Å². The van der Waals surface area contributed by atoms with E-state index in [0.29, 0.717) is 0 Å². The van der Waals surface area contributed by atoms with E-state index in [2.05, 4.69) is 27.7 Å². The fourth-order valence-electron chi connectivity index (χ4n) is 2.57. The Balaban J connectivity index is 0. The van der Waals surface area contributed by atoms with Crippen LogP contribution in [0.3, 0.4) is 0 Å². The Morgan fingerprint density at radius 3 is 1.11 bits per heavy atom. The highest BCUT2D eigenvalue weighted by Crippen LogP contribution is 2.12. The zero-order valence-electron chi connectivity index (χ0n) is 13.1. The second-order valence-corrected chi connectivity index (χ2v) is 4.96. The van der Waals surface area contributed by atoms with Gasteiger partial charge < -0.3 is 14.4 Å². The molecule has 0 fully saturated rings. The number of hydrogen-bond acceptors (Lipinski definition) is 2. The number of carbonyl (C=O) groups excluding carboxylic acids is 1. The van der Waals surface area contributed by atoms with Gasteiger partial charge >= 0.3 is 0 Å². The van der Waals surface area contributed by atoms with Crippen LogP contribution in [0, 0.1) is 0 Å². The first-order chi connectivity index (χ1) is 8.51. The van der Waals surface area contributed by atoms with Gasteiger partial charge in [0.1, 0.15) is 0 Å². The smallest absolute Gasteiger partial charge is 0.0783 e. The summed E-state index contributed by atoms with van der Waals surface area (Å²) in [7, 11) is 0. The summed E-state index contributed by atoms with van der Waals surface area (Å²) in [6, 6.07) is 0. The highest BCUT2D eigenvalue weighted by atomic mass is 16.4. The Hall–Kier alpha value is -0.570. The SMILES string of the molecule is CCC(=O)[O-].CCC[N+](CCC)(CCC)CCC. The molecule has 0 aliphatic heterocycles. The van der Waals surface area contributed by atoms with Gasteiger partial charge in [0.25, 0.3) is 0 Å². The molecule has 0 atom stereocenters. The molecule has 0 heterocycles. The Labute approximate surface area is 114 Å². The molecule has 0 aliphatic carbocycles. The summed E-state index contributed by atoms with van der Waals surface area (Å²) in [5.74, 6) is -0.995. The van der Waals surface area contributed by atoms with Crippen LogP contribution >= 0.6 is 0 Å². The van der Waals surface area contributed by atoms with Crippen LogP contribution in [0.4, 0.5) is 0 Å². The molecule has 0 amide bonds. The van der Waals surface area contributed by atoms with E-state index in [1.54, 1.807) is 0 Å². The van der Waals surface area contributed by atoms with Gasteiger partial charge in [-0.25, -0.2) is 0 Å². The molecule has 18 heavy (non-hydrogen) atoms. The molecule has 0 aromatic rings. The van der Waals surface area contributed by atoms with Crippen molar-refractivity contribution >= 4 is 5.97 Å². The van der Waals surface area contributed by atoms with E-state index in [1.165, 1.54) is 63.3 Å². The molecule has 0 N–H and O–H groups in total. The van der Waals surface area contributed by atoms with E-state index < -0.39 is 5.97 Å². The molecule has 110 valence electrons.